The standard InChI is InChI=1S/C25H30O3.C15H18O2.C12H19O4P/c1-18-16-21(13-15-23(18)26-2)22-11-6-5-9-20(22)10-7-8-19-12-14-24(27-3)25(17-19)28-4;1-11-9-12(7-8-15(11)17-2)14-6-4-3-5-13(14)10-16;1-5-16-17(4,13)9-10-6-7-11(14-2)12(8-10)15-3/h6-7,10-17,20,22H,5,8-9H2,1-4H3;4,6-10,13-14H,3,5H2,1-2H3;6-8H,5,9H2,1-4H3/b10-7+;;/t20-,22+;13-,14-;/m11./s1. The van der Waals surface area contributed by atoms with Gasteiger partial charge in [0.1, 0.15) is 17.8 Å². The van der Waals surface area contributed by atoms with Crippen LogP contribution in [-0.4, -0.2) is 62.2 Å². The van der Waals surface area contributed by atoms with E-state index in [4.69, 9.17) is 32.9 Å². The van der Waals surface area contributed by atoms with Crippen molar-refractivity contribution in [1.29, 1.82) is 0 Å². The second-order valence-electron chi connectivity index (χ2n) is 15.6. The Hall–Kier alpha value is -5.24. The molecule has 0 heterocycles. The van der Waals surface area contributed by atoms with E-state index < -0.39 is 7.37 Å². The van der Waals surface area contributed by atoms with Gasteiger partial charge in [-0.05, 0) is 129 Å². The van der Waals surface area contributed by atoms with Gasteiger partial charge < -0.3 is 37.7 Å². The van der Waals surface area contributed by atoms with Gasteiger partial charge in [-0.2, -0.15) is 0 Å². The van der Waals surface area contributed by atoms with E-state index >= 15 is 0 Å². The van der Waals surface area contributed by atoms with Crippen molar-refractivity contribution in [3.63, 3.8) is 0 Å². The van der Waals surface area contributed by atoms with Crippen LogP contribution in [0.3, 0.4) is 0 Å². The summed E-state index contributed by atoms with van der Waals surface area (Å²) in [5.74, 6) is 5.97. The Bertz CT molecular complexity index is 2170. The number of hydrogen-bond donors (Lipinski definition) is 0. The topological polar surface area (TPSA) is 98.8 Å². The zero-order valence-corrected chi connectivity index (χ0v) is 39.2. The van der Waals surface area contributed by atoms with Gasteiger partial charge in [0.15, 0.2) is 23.0 Å². The van der Waals surface area contributed by atoms with Crippen LogP contribution < -0.4 is 28.4 Å². The fourth-order valence-electron chi connectivity index (χ4n) is 8.03. The quantitative estimate of drug-likeness (QED) is 0.0619. The van der Waals surface area contributed by atoms with Crippen molar-refractivity contribution in [2.45, 2.75) is 70.9 Å². The highest BCUT2D eigenvalue weighted by molar-refractivity contribution is 7.57. The molecule has 334 valence electrons. The molecule has 5 atom stereocenters. The normalized spacial score (nSPS) is 18.9. The molecular weight excluding hydrogens is 800 g/mol. The minimum Gasteiger partial charge on any atom is -0.496 e. The molecule has 0 aromatic heterocycles. The molecule has 2 aliphatic rings. The molecule has 0 amide bonds. The number of aryl methyl sites for hydroxylation is 2. The van der Waals surface area contributed by atoms with Gasteiger partial charge >= 0.3 is 0 Å². The number of aldehydes is 1. The zero-order valence-electron chi connectivity index (χ0n) is 38.4. The molecule has 9 nitrogen and oxygen atoms in total. The van der Waals surface area contributed by atoms with Crippen LogP contribution in [0.4, 0.5) is 0 Å². The molecule has 2 aliphatic carbocycles. The van der Waals surface area contributed by atoms with Crippen LogP contribution in [0.1, 0.15) is 77.8 Å². The molecular formula is C52H67O9P. The van der Waals surface area contributed by atoms with Crippen molar-refractivity contribution >= 4 is 13.7 Å². The molecule has 0 spiro atoms. The van der Waals surface area contributed by atoms with Gasteiger partial charge in [0.2, 0.25) is 7.37 Å². The number of benzene rings is 4. The molecule has 0 aliphatic heterocycles. The number of ether oxygens (including phenoxy) is 6. The van der Waals surface area contributed by atoms with E-state index in [0.717, 1.165) is 66.1 Å². The predicted molar refractivity (Wildman–Crippen MR) is 252 cm³/mol. The Morgan fingerprint density at radius 1 is 0.597 bits per heavy atom. The summed E-state index contributed by atoms with van der Waals surface area (Å²) in [4.78, 5) is 11.1. The average molecular weight is 867 g/mol. The van der Waals surface area contributed by atoms with Crippen LogP contribution in [0.15, 0.2) is 109 Å². The smallest absolute Gasteiger partial charge is 0.204 e. The lowest BCUT2D eigenvalue weighted by molar-refractivity contribution is -0.111. The summed E-state index contributed by atoms with van der Waals surface area (Å²) in [6.07, 6.45) is 20.3. The van der Waals surface area contributed by atoms with E-state index in [9.17, 15) is 9.36 Å². The Labute approximate surface area is 370 Å². The van der Waals surface area contributed by atoms with Crippen molar-refractivity contribution < 1.29 is 42.3 Å². The summed E-state index contributed by atoms with van der Waals surface area (Å²) in [5.41, 5.74) is 7.01. The fraction of sp³-hybridized carbons (Fsp3) is 0.404. The van der Waals surface area contributed by atoms with Crippen molar-refractivity contribution in [2.75, 3.05) is 55.9 Å². The molecule has 0 radical (unpaired) electrons. The Kier molecular flexibility index (Phi) is 19.9. The molecule has 0 N–H and O–H groups in total. The van der Waals surface area contributed by atoms with Crippen molar-refractivity contribution in [2.24, 2.45) is 11.8 Å². The summed E-state index contributed by atoms with van der Waals surface area (Å²) in [6.45, 7) is 8.08. The Balaban J connectivity index is 0.000000216. The Morgan fingerprint density at radius 2 is 1.05 bits per heavy atom. The number of rotatable bonds is 16. The molecule has 4 aromatic rings. The molecule has 10 heteroatoms. The van der Waals surface area contributed by atoms with E-state index in [-0.39, 0.29) is 11.8 Å². The largest absolute Gasteiger partial charge is 0.496 e. The third-order valence-electron chi connectivity index (χ3n) is 11.2. The van der Waals surface area contributed by atoms with Gasteiger partial charge in [0.05, 0.1) is 49.3 Å². The maximum absolute atomic E-state index is 12.0. The lowest BCUT2D eigenvalue weighted by Crippen LogP contribution is -2.15. The van der Waals surface area contributed by atoms with Crippen molar-refractivity contribution in [3.05, 3.63) is 143 Å². The zero-order chi connectivity index (χ0) is 45.1. The first kappa shape index (κ1) is 49.4. The highest BCUT2D eigenvalue weighted by Crippen LogP contribution is 2.47. The minimum atomic E-state index is -2.56. The number of hydrogen-bond acceptors (Lipinski definition) is 9. The van der Waals surface area contributed by atoms with Gasteiger partial charge in [0, 0.05) is 30.6 Å². The maximum atomic E-state index is 12.0. The Morgan fingerprint density at radius 3 is 1.52 bits per heavy atom. The maximum Gasteiger partial charge on any atom is 0.204 e. The van der Waals surface area contributed by atoms with E-state index in [0.29, 0.717) is 36.1 Å². The number of allylic oxidation sites excluding steroid dienone is 6. The van der Waals surface area contributed by atoms with Crippen LogP contribution in [-0.2, 0) is 26.5 Å². The van der Waals surface area contributed by atoms with E-state index in [2.05, 4.69) is 79.8 Å². The van der Waals surface area contributed by atoms with Crippen LogP contribution in [0.2, 0.25) is 0 Å². The molecule has 0 bridgehead atoms. The van der Waals surface area contributed by atoms with Crippen LogP contribution in [0, 0.1) is 25.7 Å². The van der Waals surface area contributed by atoms with Gasteiger partial charge in [0.25, 0.3) is 0 Å². The first-order valence-electron chi connectivity index (χ1n) is 21.3. The second-order valence-corrected chi connectivity index (χ2v) is 18.2. The third kappa shape index (κ3) is 14.1. The van der Waals surface area contributed by atoms with Crippen molar-refractivity contribution in [3.8, 4) is 34.5 Å². The predicted octanol–water partition coefficient (Wildman–Crippen LogP) is 12.3. The number of carbonyl (C=O) groups excluding carboxylic acids is 1. The minimum absolute atomic E-state index is 0.118. The lowest BCUT2D eigenvalue weighted by Gasteiger charge is -2.26. The van der Waals surface area contributed by atoms with Gasteiger partial charge in [-0.15, -0.1) is 0 Å². The molecule has 4 aromatic carbocycles. The molecule has 0 saturated heterocycles. The SMILES string of the molecule is CCOP(C)(=O)Cc1ccc(OC)c(OC)c1.COc1ccc([C@H]2C=CCC[C@@H]2/C=C/Cc2ccc(OC)c(OC)c2)cc1C.COc1ccc([C@H]2C=CCC[C@@H]2C=O)cc1C. The van der Waals surface area contributed by atoms with E-state index in [1.54, 1.807) is 55.4 Å². The monoisotopic (exact) mass is 866 g/mol. The first-order valence-corrected chi connectivity index (χ1v) is 23.6. The van der Waals surface area contributed by atoms with Crippen LogP contribution in [0.5, 0.6) is 34.5 Å². The molecule has 62 heavy (non-hydrogen) atoms. The lowest BCUT2D eigenvalue weighted by atomic mass is 9.79. The summed E-state index contributed by atoms with van der Waals surface area (Å²) in [7, 11) is 7.34. The second kappa shape index (κ2) is 25.0. The number of carbonyl (C=O) groups is 1. The summed E-state index contributed by atoms with van der Waals surface area (Å²) < 4.78 is 49.0. The first-order chi connectivity index (χ1) is 29.9. The fourth-order valence-corrected chi connectivity index (χ4v) is 9.52. The number of methoxy groups -OCH3 is 6. The van der Waals surface area contributed by atoms with Gasteiger partial charge in [-0.3, -0.25) is 4.57 Å². The highest BCUT2D eigenvalue weighted by Gasteiger charge is 2.24. The molecule has 6 rings (SSSR count). The summed E-state index contributed by atoms with van der Waals surface area (Å²) >= 11 is 0. The van der Waals surface area contributed by atoms with E-state index in [1.807, 2.05) is 44.2 Å². The average Bonchev–Trinajstić information content (AvgIpc) is 3.29. The van der Waals surface area contributed by atoms with Gasteiger partial charge in [-0.1, -0.05) is 72.9 Å². The van der Waals surface area contributed by atoms with Crippen LogP contribution >= 0.6 is 7.37 Å². The molecule has 1 unspecified atom stereocenters. The third-order valence-corrected chi connectivity index (χ3v) is 13.0. The summed E-state index contributed by atoms with van der Waals surface area (Å²) in [5, 5.41) is 0. The highest BCUT2D eigenvalue weighted by atomic mass is 31.2. The van der Waals surface area contributed by atoms with Crippen LogP contribution in [0.25, 0.3) is 0 Å². The molecule has 0 fully saturated rings. The van der Waals surface area contributed by atoms with E-state index in [1.165, 1.54) is 28.7 Å². The van der Waals surface area contributed by atoms with Crippen molar-refractivity contribution in [1.82, 2.24) is 0 Å². The summed E-state index contributed by atoms with van der Waals surface area (Å²) in [6, 6.07) is 24.3. The van der Waals surface area contributed by atoms with Gasteiger partial charge in [-0.25, -0.2) is 0 Å². The molecule has 0 saturated carbocycles.